The van der Waals surface area contributed by atoms with Gasteiger partial charge in [-0.2, -0.15) is 0 Å². The van der Waals surface area contributed by atoms with Crippen LogP contribution in [0.5, 0.6) is 5.75 Å². The second-order valence-electron chi connectivity index (χ2n) is 17.5. The van der Waals surface area contributed by atoms with E-state index in [0.29, 0.717) is 31.3 Å². The van der Waals surface area contributed by atoms with Crippen molar-refractivity contribution in [2.75, 3.05) is 26.2 Å². The number of likely N-dealkylation sites (tertiary alicyclic amines) is 2. The molecule has 2 saturated heterocycles. The molecular weight excluding hydrogens is 853 g/mol. The van der Waals surface area contributed by atoms with Crippen LogP contribution in [-0.4, -0.2) is 84.8 Å². The van der Waals surface area contributed by atoms with Crippen LogP contribution in [0.4, 0.5) is 4.79 Å². The number of amides is 3. The van der Waals surface area contributed by atoms with Gasteiger partial charge in [-0.15, -0.1) is 0 Å². The maximum absolute atomic E-state index is 14.3. The van der Waals surface area contributed by atoms with Crippen LogP contribution in [0, 0.1) is 0 Å². The molecule has 0 saturated carbocycles. The van der Waals surface area contributed by atoms with Crippen LogP contribution < -0.4 is 10.5 Å². The highest BCUT2D eigenvalue weighted by Crippen LogP contribution is 2.37. The highest BCUT2D eigenvalue weighted by Gasteiger charge is 2.39. The number of hydrogen-bond acceptors (Lipinski definition) is 8. The normalized spacial score (nSPS) is 16.8. The van der Waals surface area contributed by atoms with Crippen LogP contribution >= 0.6 is 0 Å². The van der Waals surface area contributed by atoms with Gasteiger partial charge in [0.2, 0.25) is 5.91 Å². The number of H-pyrrole nitrogens is 2. The van der Waals surface area contributed by atoms with E-state index in [1.807, 2.05) is 83.9 Å². The van der Waals surface area contributed by atoms with Gasteiger partial charge in [-0.25, -0.2) is 14.8 Å². The fourth-order valence-corrected chi connectivity index (χ4v) is 9.69. The standard InChI is InChI=1S/C55H58N8O5/c1-3-61(4-2)50(43-15-9-6-10-16-43)54(65)63-32-12-18-48(63)52-58-35-46(60-52)42-27-23-40(24-28-42)39-21-25-41(26-22-39)45-34-57-51(59-45)47-17-11-31-62(47)53(64)49(68-55(56)66)33-37-19-29-44(30-20-37)67-36-38-13-7-5-8-14-38/h5-10,13-16,19-30,34-35,47-50H,3-4,11-12,17-18,31-33,36H2,1-2H3,(H2,56,66)(H,57,59)(H,58,60)/t47-,48-,49-,50+/m0/s1. The first-order valence-electron chi connectivity index (χ1n) is 23.7. The Morgan fingerprint density at radius 1 is 0.647 bits per heavy atom. The van der Waals surface area contributed by atoms with Crippen LogP contribution in [0.1, 0.15) is 86.0 Å². The number of carbonyl (C=O) groups excluding carboxylic acids is 3. The second-order valence-corrected chi connectivity index (χ2v) is 17.5. The third kappa shape index (κ3) is 10.2. The number of nitrogens with one attached hydrogen (secondary N) is 2. The number of aromatic amines is 2. The Labute approximate surface area is 397 Å². The summed E-state index contributed by atoms with van der Waals surface area (Å²) in [5.74, 6) is 2.00. The van der Waals surface area contributed by atoms with Crippen molar-refractivity contribution < 1.29 is 23.9 Å². The van der Waals surface area contributed by atoms with Crippen molar-refractivity contribution >= 4 is 17.9 Å². The Morgan fingerprint density at radius 3 is 1.66 bits per heavy atom. The van der Waals surface area contributed by atoms with Crippen LogP contribution in [-0.2, 0) is 27.4 Å². The fraction of sp³-hybridized carbons (Fsp3) is 0.291. The Hall–Kier alpha value is -7.51. The highest BCUT2D eigenvalue weighted by molar-refractivity contribution is 5.85. The van der Waals surface area contributed by atoms with E-state index in [2.05, 4.69) is 89.4 Å². The van der Waals surface area contributed by atoms with Gasteiger partial charge < -0.3 is 35.0 Å². The number of primary amides is 1. The number of benzene rings is 5. The molecular formula is C55H58N8O5. The van der Waals surface area contributed by atoms with Crippen LogP contribution in [0.2, 0.25) is 0 Å². The van der Waals surface area contributed by atoms with Gasteiger partial charge >= 0.3 is 6.09 Å². The minimum Gasteiger partial charge on any atom is -0.489 e. The first-order chi connectivity index (χ1) is 33.3. The van der Waals surface area contributed by atoms with E-state index in [1.165, 1.54) is 0 Å². The summed E-state index contributed by atoms with van der Waals surface area (Å²) in [6.45, 7) is 7.44. The lowest BCUT2D eigenvalue weighted by Gasteiger charge is -2.34. The molecule has 0 bridgehead atoms. The van der Waals surface area contributed by atoms with E-state index in [9.17, 15) is 14.4 Å². The van der Waals surface area contributed by atoms with Gasteiger partial charge in [0, 0.05) is 19.5 Å². The molecule has 5 aromatic carbocycles. The van der Waals surface area contributed by atoms with Gasteiger partial charge in [-0.3, -0.25) is 14.5 Å². The summed E-state index contributed by atoms with van der Waals surface area (Å²) < 4.78 is 11.4. The van der Waals surface area contributed by atoms with Crippen molar-refractivity contribution in [2.24, 2.45) is 5.73 Å². The quantitative estimate of drug-likeness (QED) is 0.0814. The van der Waals surface area contributed by atoms with Crippen molar-refractivity contribution in [3.63, 3.8) is 0 Å². The monoisotopic (exact) mass is 910 g/mol. The molecule has 348 valence electrons. The average Bonchev–Trinajstić information content (AvgIpc) is 4.24. The summed E-state index contributed by atoms with van der Waals surface area (Å²) >= 11 is 0. The van der Waals surface area contributed by atoms with Crippen molar-refractivity contribution in [3.05, 3.63) is 174 Å². The van der Waals surface area contributed by atoms with Crippen LogP contribution in [0.25, 0.3) is 33.6 Å². The third-order valence-electron chi connectivity index (χ3n) is 13.3. The molecule has 13 nitrogen and oxygen atoms in total. The number of aromatic nitrogens is 4. The van der Waals surface area contributed by atoms with Gasteiger partial charge in [-0.1, -0.05) is 135 Å². The number of nitrogens with zero attached hydrogens (tertiary/aromatic N) is 5. The van der Waals surface area contributed by atoms with Gasteiger partial charge in [0.05, 0.1) is 35.9 Å². The number of likely N-dealkylation sites (N-methyl/N-ethyl adjacent to an activating group) is 1. The Morgan fingerprint density at radius 2 is 1.15 bits per heavy atom. The first kappa shape index (κ1) is 45.6. The lowest BCUT2D eigenvalue weighted by molar-refractivity contribution is -0.141. The van der Waals surface area contributed by atoms with E-state index in [1.54, 1.807) is 11.1 Å². The zero-order valence-corrected chi connectivity index (χ0v) is 38.6. The number of nitrogens with two attached hydrogens (primary N) is 1. The lowest BCUT2D eigenvalue weighted by atomic mass is 10.0. The molecule has 7 aromatic rings. The molecule has 2 aliphatic rings. The van der Waals surface area contributed by atoms with E-state index in [0.717, 1.165) is 94.9 Å². The van der Waals surface area contributed by atoms with E-state index < -0.39 is 12.2 Å². The maximum atomic E-state index is 14.3. The first-order valence-corrected chi connectivity index (χ1v) is 23.7. The molecule has 2 fully saturated rings. The molecule has 2 aliphatic heterocycles. The smallest absolute Gasteiger partial charge is 0.405 e. The molecule has 4 heterocycles. The number of imidazole rings is 2. The maximum Gasteiger partial charge on any atom is 0.405 e. The molecule has 9 rings (SSSR count). The van der Waals surface area contributed by atoms with Crippen LogP contribution in [0.3, 0.4) is 0 Å². The molecule has 4 atom stereocenters. The molecule has 0 spiro atoms. The van der Waals surface area contributed by atoms with Crippen molar-refractivity contribution in [3.8, 4) is 39.4 Å². The van der Waals surface area contributed by atoms with E-state index in [-0.39, 0.29) is 36.4 Å². The molecule has 13 heteroatoms. The topological polar surface area (TPSA) is 163 Å². The Kier molecular flexibility index (Phi) is 14.1. The lowest BCUT2D eigenvalue weighted by Crippen LogP contribution is -2.43. The summed E-state index contributed by atoms with van der Waals surface area (Å²) in [5.41, 5.74) is 14.2. The van der Waals surface area contributed by atoms with Gasteiger partial charge in [0.25, 0.3) is 5.91 Å². The summed E-state index contributed by atoms with van der Waals surface area (Å²) in [4.78, 5) is 62.9. The molecule has 0 aliphatic carbocycles. The largest absolute Gasteiger partial charge is 0.489 e. The Balaban J connectivity index is 0.827. The predicted molar refractivity (Wildman–Crippen MR) is 262 cm³/mol. The van der Waals surface area contributed by atoms with Gasteiger partial charge in [0.1, 0.15) is 30.0 Å². The molecule has 2 aromatic heterocycles. The minimum atomic E-state index is -1.09. The highest BCUT2D eigenvalue weighted by atomic mass is 16.6. The number of rotatable bonds is 17. The number of ether oxygens (including phenoxy) is 2. The summed E-state index contributed by atoms with van der Waals surface area (Å²) in [7, 11) is 0. The average molecular weight is 911 g/mol. The number of hydrogen-bond donors (Lipinski definition) is 3. The van der Waals surface area contributed by atoms with E-state index >= 15 is 0 Å². The zero-order chi connectivity index (χ0) is 47.0. The molecule has 3 amide bonds. The fourth-order valence-electron chi connectivity index (χ4n) is 9.69. The third-order valence-corrected chi connectivity index (χ3v) is 13.3. The summed E-state index contributed by atoms with van der Waals surface area (Å²) in [6.07, 6.45) is 5.04. The molecule has 68 heavy (non-hydrogen) atoms. The van der Waals surface area contributed by atoms with E-state index in [4.69, 9.17) is 25.2 Å². The molecule has 4 N–H and O–H groups in total. The SMILES string of the molecule is CCN(CC)[C@@H](C(=O)N1CCC[C@H]1c1ncc(-c2ccc(-c3ccc(-c4cnc([C@@H]5CCCN5C(=O)[C@H](Cc5ccc(OCc6ccccc6)cc5)OC(N)=O)[nH]4)cc3)cc2)[nH]1)c1ccccc1. The Bertz CT molecular complexity index is 2770. The van der Waals surface area contributed by atoms with Gasteiger partial charge in [-0.05, 0) is 89.8 Å². The molecule has 0 unspecified atom stereocenters. The van der Waals surface area contributed by atoms with Crippen LogP contribution in [0.15, 0.2) is 146 Å². The number of carbonyl (C=O) groups is 3. The minimum absolute atomic E-state index is 0.108. The summed E-state index contributed by atoms with van der Waals surface area (Å²) in [6, 6.07) is 43.4. The van der Waals surface area contributed by atoms with Gasteiger partial charge in [0.15, 0.2) is 6.10 Å². The van der Waals surface area contributed by atoms with Crippen molar-refractivity contribution in [1.82, 2.24) is 34.6 Å². The second kappa shape index (κ2) is 21.0. The van der Waals surface area contributed by atoms with Crippen molar-refractivity contribution in [1.29, 1.82) is 0 Å². The molecule has 0 radical (unpaired) electrons. The summed E-state index contributed by atoms with van der Waals surface area (Å²) in [5, 5.41) is 0. The zero-order valence-electron chi connectivity index (χ0n) is 38.6. The van der Waals surface area contributed by atoms with Crippen molar-refractivity contribution in [2.45, 2.75) is 76.8 Å². The predicted octanol–water partition coefficient (Wildman–Crippen LogP) is 9.83.